The molecule has 0 radical (unpaired) electrons. The molecule has 1 aliphatic heterocycles. The highest BCUT2D eigenvalue weighted by atomic mass is 16.5. The number of hydrogen-bond donors (Lipinski definition) is 1. The van der Waals surface area contributed by atoms with Crippen molar-refractivity contribution in [2.75, 3.05) is 20.2 Å². The molecule has 0 bridgehead atoms. The third-order valence-electron chi connectivity index (χ3n) is 4.62. The standard InChI is InChI=1S/C17H25NO3/c1-13-7-9-18(10-8-13)17(2,16(19)20)12-14-5-4-6-15(11-14)21-3/h4-6,11,13H,7-10,12H2,1-3H3,(H,19,20). The van der Waals surface area contributed by atoms with Gasteiger partial charge in [0.15, 0.2) is 0 Å². The Morgan fingerprint density at radius 2 is 2.10 bits per heavy atom. The summed E-state index contributed by atoms with van der Waals surface area (Å²) in [7, 11) is 1.63. The monoisotopic (exact) mass is 291 g/mol. The first kappa shape index (κ1) is 15.8. The van der Waals surface area contributed by atoms with Gasteiger partial charge in [-0.25, -0.2) is 0 Å². The van der Waals surface area contributed by atoms with E-state index in [0.717, 1.165) is 37.2 Å². The fourth-order valence-corrected chi connectivity index (χ4v) is 3.00. The van der Waals surface area contributed by atoms with Crippen LogP contribution in [-0.2, 0) is 11.2 Å². The molecule has 21 heavy (non-hydrogen) atoms. The van der Waals surface area contributed by atoms with Crippen LogP contribution in [0.3, 0.4) is 0 Å². The van der Waals surface area contributed by atoms with Gasteiger partial charge in [-0.05, 0) is 56.5 Å². The van der Waals surface area contributed by atoms with Crippen LogP contribution in [0, 0.1) is 5.92 Å². The number of hydrogen-bond acceptors (Lipinski definition) is 3. The highest BCUT2D eigenvalue weighted by Gasteiger charge is 2.40. The van der Waals surface area contributed by atoms with E-state index in [1.807, 2.05) is 31.2 Å². The van der Waals surface area contributed by atoms with Crippen LogP contribution in [-0.4, -0.2) is 41.7 Å². The first-order valence-corrected chi connectivity index (χ1v) is 7.57. The molecule has 1 fully saturated rings. The Morgan fingerprint density at radius 1 is 1.43 bits per heavy atom. The van der Waals surface area contributed by atoms with Gasteiger partial charge in [-0.15, -0.1) is 0 Å². The summed E-state index contributed by atoms with van der Waals surface area (Å²) < 4.78 is 5.23. The van der Waals surface area contributed by atoms with Gasteiger partial charge in [-0.3, -0.25) is 9.69 Å². The predicted molar refractivity (Wildman–Crippen MR) is 82.7 cm³/mol. The maximum atomic E-state index is 11.9. The van der Waals surface area contributed by atoms with Gasteiger partial charge in [-0.1, -0.05) is 19.1 Å². The fourth-order valence-electron chi connectivity index (χ4n) is 3.00. The van der Waals surface area contributed by atoms with Crippen molar-refractivity contribution in [1.29, 1.82) is 0 Å². The molecule has 4 nitrogen and oxygen atoms in total. The number of ether oxygens (including phenoxy) is 1. The molecular weight excluding hydrogens is 266 g/mol. The first-order chi connectivity index (χ1) is 9.95. The van der Waals surface area contributed by atoms with Crippen molar-refractivity contribution < 1.29 is 14.6 Å². The molecule has 1 saturated heterocycles. The molecule has 116 valence electrons. The van der Waals surface area contributed by atoms with Crippen LogP contribution < -0.4 is 4.74 Å². The molecule has 0 aliphatic carbocycles. The van der Waals surface area contributed by atoms with Crippen molar-refractivity contribution in [3.8, 4) is 5.75 Å². The highest BCUT2D eigenvalue weighted by Crippen LogP contribution is 2.28. The van der Waals surface area contributed by atoms with Crippen LogP contribution in [0.1, 0.15) is 32.3 Å². The zero-order valence-electron chi connectivity index (χ0n) is 13.1. The Hall–Kier alpha value is -1.55. The number of aliphatic carboxylic acids is 1. The smallest absolute Gasteiger partial charge is 0.324 e. The number of methoxy groups -OCH3 is 1. The van der Waals surface area contributed by atoms with E-state index < -0.39 is 11.5 Å². The normalized spacial score (nSPS) is 20.0. The quantitative estimate of drug-likeness (QED) is 0.906. The predicted octanol–water partition coefficient (Wildman–Crippen LogP) is 2.81. The lowest BCUT2D eigenvalue weighted by molar-refractivity contribution is -0.151. The number of carboxylic acids is 1. The maximum absolute atomic E-state index is 11.9. The average Bonchev–Trinajstić information content (AvgIpc) is 2.47. The van der Waals surface area contributed by atoms with Crippen molar-refractivity contribution in [3.63, 3.8) is 0 Å². The van der Waals surface area contributed by atoms with Gasteiger partial charge in [0.25, 0.3) is 0 Å². The zero-order chi connectivity index (χ0) is 15.5. The number of benzene rings is 1. The van der Waals surface area contributed by atoms with Crippen LogP contribution in [0.15, 0.2) is 24.3 Å². The van der Waals surface area contributed by atoms with Crippen molar-refractivity contribution in [3.05, 3.63) is 29.8 Å². The van der Waals surface area contributed by atoms with Gasteiger partial charge in [-0.2, -0.15) is 0 Å². The Balaban J connectivity index is 2.19. The minimum absolute atomic E-state index is 0.494. The molecule has 1 aromatic rings. The van der Waals surface area contributed by atoms with Crippen LogP contribution in [0.2, 0.25) is 0 Å². The van der Waals surface area contributed by atoms with Gasteiger partial charge in [0.1, 0.15) is 11.3 Å². The Morgan fingerprint density at radius 3 is 2.67 bits per heavy atom. The molecule has 4 heteroatoms. The Bertz CT molecular complexity index is 495. The molecule has 1 aliphatic rings. The summed E-state index contributed by atoms with van der Waals surface area (Å²) in [5.41, 5.74) is 0.143. The summed E-state index contributed by atoms with van der Waals surface area (Å²) in [6, 6.07) is 7.68. The summed E-state index contributed by atoms with van der Waals surface area (Å²) in [5, 5.41) is 9.77. The number of piperidine rings is 1. The maximum Gasteiger partial charge on any atom is 0.324 e. The number of nitrogens with zero attached hydrogens (tertiary/aromatic N) is 1. The molecule has 0 spiro atoms. The second-order valence-electron chi connectivity index (χ2n) is 6.28. The summed E-state index contributed by atoms with van der Waals surface area (Å²) in [6.45, 7) is 5.78. The minimum atomic E-state index is -0.855. The molecule has 1 N–H and O–H groups in total. The molecule has 0 aromatic heterocycles. The second kappa shape index (κ2) is 6.48. The van der Waals surface area contributed by atoms with E-state index in [4.69, 9.17) is 4.74 Å². The number of carboxylic acid groups (broad SMARTS) is 1. The van der Waals surface area contributed by atoms with Crippen molar-refractivity contribution in [2.24, 2.45) is 5.92 Å². The van der Waals surface area contributed by atoms with E-state index in [2.05, 4.69) is 11.8 Å². The van der Waals surface area contributed by atoms with Gasteiger partial charge in [0.05, 0.1) is 7.11 Å². The average molecular weight is 291 g/mol. The van der Waals surface area contributed by atoms with E-state index in [9.17, 15) is 9.90 Å². The summed E-state index contributed by atoms with van der Waals surface area (Å²) in [6.07, 6.45) is 2.63. The first-order valence-electron chi connectivity index (χ1n) is 7.57. The third kappa shape index (κ3) is 3.56. The number of likely N-dealkylation sites (tertiary alicyclic amines) is 1. The molecule has 2 rings (SSSR count). The lowest BCUT2D eigenvalue weighted by Gasteiger charge is -2.42. The SMILES string of the molecule is COc1cccc(CC(C)(C(=O)O)N2CCC(C)CC2)c1. The van der Waals surface area contributed by atoms with Crippen LogP contribution in [0.25, 0.3) is 0 Å². The lowest BCUT2D eigenvalue weighted by Crippen LogP contribution is -2.56. The number of rotatable bonds is 5. The van der Waals surface area contributed by atoms with Gasteiger partial charge >= 0.3 is 5.97 Å². The van der Waals surface area contributed by atoms with E-state index >= 15 is 0 Å². The highest BCUT2D eigenvalue weighted by molar-refractivity contribution is 5.78. The molecule has 0 saturated carbocycles. The van der Waals surface area contributed by atoms with E-state index in [1.54, 1.807) is 7.11 Å². The topological polar surface area (TPSA) is 49.8 Å². The van der Waals surface area contributed by atoms with Crippen molar-refractivity contribution >= 4 is 5.97 Å². The Kier molecular flexibility index (Phi) is 4.88. The molecule has 1 aromatic carbocycles. The van der Waals surface area contributed by atoms with Crippen LogP contribution >= 0.6 is 0 Å². The molecule has 1 atom stereocenters. The van der Waals surface area contributed by atoms with E-state index in [1.165, 1.54) is 0 Å². The van der Waals surface area contributed by atoms with E-state index in [0.29, 0.717) is 12.3 Å². The molecule has 1 heterocycles. The molecular formula is C17H25NO3. The Labute approximate surface area is 126 Å². The van der Waals surface area contributed by atoms with Crippen LogP contribution in [0.5, 0.6) is 5.75 Å². The largest absolute Gasteiger partial charge is 0.497 e. The van der Waals surface area contributed by atoms with Crippen LogP contribution in [0.4, 0.5) is 0 Å². The zero-order valence-corrected chi connectivity index (χ0v) is 13.1. The summed E-state index contributed by atoms with van der Waals surface area (Å²) in [4.78, 5) is 14.0. The number of carbonyl (C=O) groups is 1. The molecule has 1 unspecified atom stereocenters. The fraction of sp³-hybridized carbons (Fsp3) is 0.588. The van der Waals surface area contributed by atoms with Gasteiger partial charge in [0, 0.05) is 6.42 Å². The summed E-state index contributed by atoms with van der Waals surface area (Å²) >= 11 is 0. The van der Waals surface area contributed by atoms with Crippen molar-refractivity contribution in [1.82, 2.24) is 4.90 Å². The lowest BCUT2D eigenvalue weighted by atomic mass is 9.87. The van der Waals surface area contributed by atoms with Gasteiger partial charge in [0.2, 0.25) is 0 Å². The molecule has 0 amide bonds. The van der Waals surface area contributed by atoms with E-state index in [-0.39, 0.29) is 0 Å². The summed E-state index contributed by atoms with van der Waals surface area (Å²) in [5.74, 6) is 0.712. The minimum Gasteiger partial charge on any atom is -0.497 e. The van der Waals surface area contributed by atoms with Gasteiger partial charge < -0.3 is 9.84 Å². The third-order valence-corrected chi connectivity index (χ3v) is 4.62. The second-order valence-corrected chi connectivity index (χ2v) is 6.28. The van der Waals surface area contributed by atoms with Crippen molar-refractivity contribution in [2.45, 2.75) is 38.6 Å².